The molecular weight excluding hydrogens is 240 g/mol. The highest BCUT2D eigenvalue weighted by Gasteiger charge is 2.28. The van der Waals surface area contributed by atoms with E-state index in [0.717, 1.165) is 29.7 Å². The van der Waals surface area contributed by atoms with Crippen LogP contribution in [0.25, 0.3) is 11.0 Å². The number of para-hydroxylation sites is 2. The predicted molar refractivity (Wildman–Crippen MR) is 72.4 cm³/mol. The second-order valence-corrected chi connectivity index (χ2v) is 4.83. The molecule has 1 atom stereocenters. The zero-order valence-electron chi connectivity index (χ0n) is 10.8. The van der Waals surface area contributed by atoms with Crippen LogP contribution in [0.15, 0.2) is 30.5 Å². The summed E-state index contributed by atoms with van der Waals surface area (Å²) >= 11 is 0. The molecule has 1 aromatic heterocycles. The van der Waals surface area contributed by atoms with Crippen LogP contribution in [-0.2, 0) is 11.3 Å². The van der Waals surface area contributed by atoms with Crippen LogP contribution in [0.3, 0.4) is 0 Å². The van der Waals surface area contributed by atoms with Gasteiger partial charge in [0.05, 0.1) is 29.0 Å². The zero-order valence-corrected chi connectivity index (χ0v) is 10.8. The third-order valence-corrected chi connectivity index (χ3v) is 3.46. The summed E-state index contributed by atoms with van der Waals surface area (Å²) in [6.07, 6.45) is 2.62. The number of fused-ring (bicyclic) bond motifs is 1. The standard InChI is InChI=1S/C14H16N4O/c1-18-7-6-13(14(18)19)16-9-10-8-15-11-4-2-3-5-12(11)17-10/h2-5,8,13,16H,6-7,9H2,1H3. The third kappa shape index (κ3) is 2.42. The van der Waals surface area contributed by atoms with Crippen molar-refractivity contribution in [3.05, 3.63) is 36.2 Å². The van der Waals surface area contributed by atoms with E-state index < -0.39 is 0 Å². The molecule has 5 heteroatoms. The molecule has 2 aromatic rings. The van der Waals surface area contributed by atoms with E-state index in [0.29, 0.717) is 6.54 Å². The minimum Gasteiger partial charge on any atom is -0.344 e. The Labute approximate surface area is 111 Å². The molecule has 0 bridgehead atoms. The van der Waals surface area contributed by atoms with Crippen molar-refractivity contribution in [2.45, 2.75) is 19.0 Å². The minimum atomic E-state index is -0.0849. The van der Waals surface area contributed by atoms with Gasteiger partial charge < -0.3 is 10.2 Å². The van der Waals surface area contributed by atoms with Gasteiger partial charge in [0, 0.05) is 20.1 Å². The minimum absolute atomic E-state index is 0.0849. The second-order valence-electron chi connectivity index (χ2n) is 4.83. The van der Waals surface area contributed by atoms with E-state index in [1.807, 2.05) is 31.3 Å². The van der Waals surface area contributed by atoms with Gasteiger partial charge in [-0.05, 0) is 18.6 Å². The Morgan fingerprint density at radius 3 is 2.89 bits per heavy atom. The first-order valence-corrected chi connectivity index (χ1v) is 6.43. The lowest BCUT2D eigenvalue weighted by Gasteiger charge is -2.11. The number of nitrogens with one attached hydrogen (secondary N) is 1. The predicted octanol–water partition coefficient (Wildman–Crippen LogP) is 0.950. The lowest BCUT2D eigenvalue weighted by atomic mass is 10.2. The summed E-state index contributed by atoms with van der Waals surface area (Å²) in [6, 6.07) is 7.69. The number of hydrogen-bond donors (Lipinski definition) is 1. The molecule has 0 aliphatic carbocycles. The van der Waals surface area contributed by atoms with E-state index in [-0.39, 0.29) is 11.9 Å². The SMILES string of the molecule is CN1CCC(NCc2cnc3ccccc3n2)C1=O. The molecule has 5 nitrogen and oxygen atoms in total. The lowest BCUT2D eigenvalue weighted by molar-refractivity contribution is -0.128. The van der Waals surface area contributed by atoms with Crippen LogP contribution in [0, 0.1) is 0 Å². The van der Waals surface area contributed by atoms with Gasteiger partial charge in [-0.1, -0.05) is 12.1 Å². The van der Waals surface area contributed by atoms with E-state index >= 15 is 0 Å². The van der Waals surface area contributed by atoms with Crippen LogP contribution in [0.4, 0.5) is 0 Å². The highest BCUT2D eigenvalue weighted by molar-refractivity contribution is 5.83. The molecule has 1 saturated heterocycles. The third-order valence-electron chi connectivity index (χ3n) is 3.46. The maximum atomic E-state index is 11.8. The van der Waals surface area contributed by atoms with Crippen LogP contribution in [0.5, 0.6) is 0 Å². The average Bonchev–Trinajstić information content (AvgIpc) is 2.76. The molecule has 1 fully saturated rings. The molecule has 1 aliphatic rings. The number of amides is 1. The highest BCUT2D eigenvalue weighted by atomic mass is 16.2. The van der Waals surface area contributed by atoms with Crippen molar-refractivity contribution in [1.29, 1.82) is 0 Å². The molecule has 1 amide bonds. The number of aromatic nitrogens is 2. The largest absolute Gasteiger partial charge is 0.344 e. The first-order chi connectivity index (χ1) is 9.24. The Kier molecular flexibility index (Phi) is 3.13. The van der Waals surface area contributed by atoms with E-state index in [9.17, 15) is 4.79 Å². The number of carbonyl (C=O) groups excluding carboxylic acids is 1. The van der Waals surface area contributed by atoms with Gasteiger partial charge in [0.2, 0.25) is 5.91 Å². The summed E-state index contributed by atoms with van der Waals surface area (Å²) in [5, 5.41) is 3.25. The van der Waals surface area contributed by atoms with Crippen LogP contribution in [0.1, 0.15) is 12.1 Å². The van der Waals surface area contributed by atoms with Gasteiger partial charge in [0.25, 0.3) is 0 Å². The Hall–Kier alpha value is -2.01. The van der Waals surface area contributed by atoms with Crippen molar-refractivity contribution >= 4 is 16.9 Å². The normalized spacial score (nSPS) is 19.3. The molecule has 0 spiro atoms. The molecule has 1 N–H and O–H groups in total. The van der Waals surface area contributed by atoms with Gasteiger partial charge in [-0.25, -0.2) is 4.98 Å². The maximum Gasteiger partial charge on any atom is 0.239 e. The van der Waals surface area contributed by atoms with Crippen molar-refractivity contribution in [1.82, 2.24) is 20.2 Å². The Morgan fingerprint density at radius 2 is 2.16 bits per heavy atom. The molecular formula is C14H16N4O. The number of rotatable bonds is 3. The summed E-state index contributed by atoms with van der Waals surface area (Å²) in [5.41, 5.74) is 2.64. The average molecular weight is 256 g/mol. The van der Waals surface area contributed by atoms with Crippen LogP contribution < -0.4 is 5.32 Å². The number of hydrogen-bond acceptors (Lipinski definition) is 4. The number of benzene rings is 1. The zero-order chi connectivity index (χ0) is 13.2. The first kappa shape index (κ1) is 12.0. The number of carbonyl (C=O) groups is 1. The summed E-state index contributed by atoms with van der Waals surface area (Å²) in [4.78, 5) is 22.4. The van der Waals surface area contributed by atoms with Crippen molar-refractivity contribution < 1.29 is 4.79 Å². The first-order valence-electron chi connectivity index (χ1n) is 6.43. The van der Waals surface area contributed by atoms with Crippen molar-refractivity contribution in [3.63, 3.8) is 0 Å². The molecule has 1 aromatic carbocycles. The number of likely N-dealkylation sites (N-methyl/N-ethyl adjacent to an activating group) is 1. The summed E-state index contributed by atoms with van der Waals surface area (Å²) in [5.74, 6) is 0.161. The topological polar surface area (TPSA) is 58.1 Å². The monoisotopic (exact) mass is 256 g/mol. The van der Waals surface area contributed by atoms with Gasteiger partial charge in [-0.15, -0.1) is 0 Å². The maximum absolute atomic E-state index is 11.8. The van der Waals surface area contributed by atoms with Gasteiger partial charge in [0.1, 0.15) is 0 Å². The Balaban J connectivity index is 1.70. The second kappa shape index (κ2) is 4.93. The molecule has 1 unspecified atom stereocenters. The summed E-state index contributed by atoms with van der Waals surface area (Å²) in [6.45, 7) is 1.39. The molecule has 19 heavy (non-hydrogen) atoms. The van der Waals surface area contributed by atoms with Gasteiger partial charge in [-0.3, -0.25) is 9.78 Å². The van der Waals surface area contributed by atoms with E-state index in [1.165, 1.54) is 0 Å². The molecule has 2 heterocycles. The van der Waals surface area contributed by atoms with Crippen LogP contribution >= 0.6 is 0 Å². The van der Waals surface area contributed by atoms with Crippen LogP contribution in [0.2, 0.25) is 0 Å². The van der Waals surface area contributed by atoms with E-state index in [1.54, 1.807) is 11.1 Å². The number of nitrogens with zero attached hydrogens (tertiary/aromatic N) is 3. The van der Waals surface area contributed by atoms with Crippen molar-refractivity contribution in [2.24, 2.45) is 0 Å². The smallest absolute Gasteiger partial charge is 0.239 e. The highest BCUT2D eigenvalue weighted by Crippen LogP contribution is 2.11. The summed E-state index contributed by atoms with van der Waals surface area (Å²) in [7, 11) is 1.83. The fourth-order valence-corrected chi connectivity index (χ4v) is 2.32. The fraction of sp³-hybridized carbons (Fsp3) is 0.357. The summed E-state index contributed by atoms with van der Waals surface area (Å²) < 4.78 is 0. The molecule has 0 radical (unpaired) electrons. The van der Waals surface area contributed by atoms with E-state index in [2.05, 4.69) is 15.3 Å². The fourth-order valence-electron chi connectivity index (χ4n) is 2.32. The molecule has 98 valence electrons. The lowest BCUT2D eigenvalue weighted by Crippen LogP contribution is -2.36. The molecule has 3 rings (SSSR count). The van der Waals surface area contributed by atoms with Crippen molar-refractivity contribution in [3.8, 4) is 0 Å². The van der Waals surface area contributed by atoms with Gasteiger partial charge >= 0.3 is 0 Å². The van der Waals surface area contributed by atoms with E-state index in [4.69, 9.17) is 0 Å². The van der Waals surface area contributed by atoms with Gasteiger partial charge in [-0.2, -0.15) is 0 Å². The molecule has 1 aliphatic heterocycles. The Morgan fingerprint density at radius 1 is 1.37 bits per heavy atom. The van der Waals surface area contributed by atoms with Crippen molar-refractivity contribution in [2.75, 3.05) is 13.6 Å². The molecule has 0 saturated carbocycles. The quantitative estimate of drug-likeness (QED) is 0.888. The Bertz CT molecular complexity index is 613. The number of likely N-dealkylation sites (tertiary alicyclic amines) is 1. The van der Waals surface area contributed by atoms with Gasteiger partial charge in [0.15, 0.2) is 0 Å². The van der Waals surface area contributed by atoms with Crippen LogP contribution in [-0.4, -0.2) is 40.4 Å².